The molecule has 0 fully saturated rings. The summed E-state index contributed by atoms with van der Waals surface area (Å²) in [6, 6.07) is 8.17. The molecule has 0 spiro atoms. The molecule has 1 unspecified atom stereocenters. The molecule has 0 aliphatic heterocycles. The van der Waals surface area contributed by atoms with Gasteiger partial charge in [0.25, 0.3) is 6.43 Å². The normalized spacial score (nSPS) is 13.3. The van der Waals surface area contributed by atoms with Crippen molar-refractivity contribution >= 4 is 5.65 Å². The summed E-state index contributed by atoms with van der Waals surface area (Å²) in [5.74, 6) is -2.33. The van der Waals surface area contributed by atoms with Gasteiger partial charge in [0.1, 0.15) is 11.5 Å². The van der Waals surface area contributed by atoms with E-state index in [2.05, 4.69) is 15.1 Å². The van der Waals surface area contributed by atoms with Crippen LogP contribution in [0.4, 0.5) is 26.3 Å². The number of benzene rings is 1. The predicted molar refractivity (Wildman–Crippen MR) is 100 cm³/mol. The summed E-state index contributed by atoms with van der Waals surface area (Å²) in [7, 11) is 0. The van der Waals surface area contributed by atoms with Crippen LogP contribution >= 0.6 is 0 Å². The van der Waals surface area contributed by atoms with Gasteiger partial charge >= 0.3 is 6.18 Å². The van der Waals surface area contributed by atoms with Gasteiger partial charge in [-0.2, -0.15) is 18.3 Å². The van der Waals surface area contributed by atoms with Crippen LogP contribution in [0, 0.1) is 5.82 Å². The number of fused-ring (bicyclic) bond motifs is 1. The quantitative estimate of drug-likeness (QED) is 0.395. The molecule has 0 amide bonds. The molecule has 0 aliphatic carbocycles. The monoisotopic (exact) mass is 439 g/mol. The lowest BCUT2D eigenvalue weighted by Crippen LogP contribution is -2.20. The molecule has 4 rings (SSSR count). The smallest absolute Gasteiger partial charge is 0.323 e. The number of hydrogen-bond acceptors (Lipinski definition) is 3. The summed E-state index contributed by atoms with van der Waals surface area (Å²) in [5, 5.41) is 4.26. The van der Waals surface area contributed by atoms with Crippen LogP contribution in [0.15, 0.2) is 48.9 Å². The number of imidazole rings is 2. The van der Waals surface area contributed by atoms with Crippen molar-refractivity contribution in [1.82, 2.24) is 24.1 Å². The van der Waals surface area contributed by atoms with E-state index in [0.717, 1.165) is 17.6 Å². The highest BCUT2D eigenvalue weighted by atomic mass is 19.4. The second-order valence-corrected chi connectivity index (χ2v) is 6.93. The van der Waals surface area contributed by atoms with Crippen molar-refractivity contribution in [1.29, 1.82) is 0 Å². The summed E-state index contributed by atoms with van der Waals surface area (Å²) in [6.07, 6.45) is -4.93. The zero-order valence-corrected chi connectivity index (χ0v) is 16.0. The zero-order valence-electron chi connectivity index (χ0n) is 16.0. The fraction of sp³-hybridized carbons (Fsp3) is 0.250. The number of aromatic nitrogens is 5. The fourth-order valence-electron chi connectivity index (χ4n) is 3.24. The Bertz CT molecular complexity index is 1210. The maximum atomic E-state index is 13.3. The van der Waals surface area contributed by atoms with E-state index in [1.165, 1.54) is 47.3 Å². The second kappa shape index (κ2) is 7.71. The lowest BCUT2D eigenvalue weighted by atomic mass is 10.1. The third-order valence-corrected chi connectivity index (χ3v) is 4.86. The molecule has 11 heteroatoms. The third kappa shape index (κ3) is 3.99. The number of halogens is 6. The first-order valence-electron chi connectivity index (χ1n) is 9.16. The topological polar surface area (TPSA) is 48.0 Å². The van der Waals surface area contributed by atoms with E-state index < -0.39 is 30.9 Å². The fourth-order valence-corrected chi connectivity index (χ4v) is 3.24. The van der Waals surface area contributed by atoms with Crippen molar-refractivity contribution in [2.75, 3.05) is 0 Å². The molecule has 1 atom stereocenters. The van der Waals surface area contributed by atoms with Crippen LogP contribution < -0.4 is 0 Å². The minimum atomic E-state index is -4.51. The number of rotatable bonds is 5. The van der Waals surface area contributed by atoms with Crippen LogP contribution in [-0.4, -0.2) is 36.8 Å². The summed E-state index contributed by atoms with van der Waals surface area (Å²) >= 11 is 0. The van der Waals surface area contributed by atoms with Gasteiger partial charge in [-0.15, -0.1) is 0 Å². The van der Waals surface area contributed by atoms with Crippen molar-refractivity contribution in [3.05, 3.63) is 60.4 Å². The number of alkyl halides is 5. The molecular weight excluding hydrogens is 424 g/mol. The average molecular weight is 439 g/mol. The first-order chi connectivity index (χ1) is 14.6. The van der Waals surface area contributed by atoms with Gasteiger partial charge < -0.3 is 4.57 Å². The van der Waals surface area contributed by atoms with Gasteiger partial charge in [-0.25, -0.2) is 27.7 Å². The van der Waals surface area contributed by atoms with Crippen LogP contribution in [0.2, 0.25) is 0 Å². The maximum absolute atomic E-state index is 13.3. The van der Waals surface area contributed by atoms with Crippen molar-refractivity contribution in [3.8, 4) is 22.6 Å². The first-order valence-corrected chi connectivity index (χ1v) is 9.16. The van der Waals surface area contributed by atoms with Crippen LogP contribution in [-0.2, 0) is 6.54 Å². The van der Waals surface area contributed by atoms with Gasteiger partial charge in [-0.1, -0.05) is 0 Å². The Labute approximate surface area is 172 Å². The van der Waals surface area contributed by atoms with Gasteiger partial charge in [0.2, 0.25) is 0 Å². The standard InChI is InChI=1S/C20H15F6N5/c1-11(20(24,25)26)15-8-27-17-7-6-14(29-31(15)17)19-18(12-2-4-13(21)5-3-12)28-10-30(19)9-16(22)23/h2-8,10-11,16H,9H2,1H3. The van der Waals surface area contributed by atoms with Gasteiger partial charge in [0, 0.05) is 5.56 Å². The summed E-state index contributed by atoms with van der Waals surface area (Å²) in [5.41, 5.74) is 0.983. The Morgan fingerprint density at radius 1 is 1.00 bits per heavy atom. The van der Waals surface area contributed by atoms with E-state index in [9.17, 15) is 26.3 Å². The largest absolute Gasteiger partial charge is 0.397 e. The third-order valence-electron chi connectivity index (χ3n) is 4.86. The molecule has 3 aromatic heterocycles. The van der Waals surface area contributed by atoms with Gasteiger partial charge in [0.15, 0.2) is 5.65 Å². The summed E-state index contributed by atoms with van der Waals surface area (Å²) < 4.78 is 81.5. The van der Waals surface area contributed by atoms with Gasteiger partial charge in [-0.3, -0.25) is 0 Å². The van der Waals surface area contributed by atoms with Gasteiger partial charge in [0.05, 0.1) is 42.1 Å². The molecule has 0 saturated carbocycles. The highest BCUT2D eigenvalue weighted by Crippen LogP contribution is 2.35. The lowest BCUT2D eigenvalue weighted by molar-refractivity contribution is -0.147. The summed E-state index contributed by atoms with van der Waals surface area (Å²) in [4.78, 5) is 8.13. The molecule has 0 radical (unpaired) electrons. The minimum Gasteiger partial charge on any atom is -0.323 e. The van der Waals surface area contributed by atoms with Crippen LogP contribution in [0.25, 0.3) is 28.3 Å². The summed E-state index contributed by atoms with van der Waals surface area (Å²) in [6.45, 7) is 0.293. The van der Waals surface area contributed by atoms with Crippen molar-refractivity contribution in [2.45, 2.75) is 32.0 Å². The molecule has 5 nitrogen and oxygen atoms in total. The highest BCUT2D eigenvalue weighted by molar-refractivity contribution is 5.77. The molecular formula is C20H15F6N5. The van der Waals surface area contributed by atoms with E-state index >= 15 is 0 Å². The molecule has 162 valence electrons. The highest BCUT2D eigenvalue weighted by Gasteiger charge is 2.39. The van der Waals surface area contributed by atoms with Crippen molar-refractivity contribution in [3.63, 3.8) is 0 Å². The Kier molecular flexibility index (Phi) is 5.19. The molecule has 4 aromatic rings. The van der Waals surface area contributed by atoms with E-state index in [1.807, 2.05) is 0 Å². The molecule has 0 aliphatic rings. The van der Waals surface area contributed by atoms with E-state index in [0.29, 0.717) is 5.56 Å². The lowest BCUT2D eigenvalue weighted by Gasteiger charge is -2.15. The average Bonchev–Trinajstić information content (AvgIpc) is 3.30. The molecule has 0 N–H and O–H groups in total. The Morgan fingerprint density at radius 2 is 1.71 bits per heavy atom. The molecule has 3 heterocycles. The SMILES string of the molecule is CC(c1cnc2ccc(-c3c(-c4ccc(F)cc4)ncn3CC(F)F)nn12)C(F)(F)F. The molecule has 1 aromatic carbocycles. The molecule has 0 bridgehead atoms. The Morgan fingerprint density at radius 3 is 2.35 bits per heavy atom. The second-order valence-electron chi connectivity index (χ2n) is 6.93. The maximum Gasteiger partial charge on any atom is 0.397 e. The van der Waals surface area contributed by atoms with Crippen molar-refractivity contribution in [2.24, 2.45) is 0 Å². The number of nitrogens with zero attached hydrogens (tertiary/aromatic N) is 5. The van der Waals surface area contributed by atoms with Crippen LogP contribution in [0.1, 0.15) is 18.5 Å². The number of hydrogen-bond donors (Lipinski definition) is 0. The Hall–Kier alpha value is -3.37. The molecule has 0 saturated heterocycles. The predicted octanol–water partition coefficient (Wildman–Crippen LogP) is 5.33. The van der Waals surface area contributed by atoms with E-state index in [-0.39, 0.29) is 28.4 Å². The first kappa shape index (κ1) is 20.9. The Balaban J connectivity index is 1.90. The van der Waals surface area contributed by atoms with Crippen molar-refractivity contribution < 1.29 is 26.3 Å². The van der Waals surface area contributed by atoms with E-state index in [1.54, 1.807) is 0 Å². The van der Waals surface area contributed by atoms with Crippen LogP contribution in [0.5, 0.6) is 0 Å². The molecule has 31 heavy (non-hydrogen) atoms. The van der Waals surface area contributed by atoms with Gasteiger partial charge in [-0.05, 0) is 43.3 Å². The van der Waals surface area contributed by atoms with E-state index in [4.69, 9.17) is 0 Å². The zero-order chi connectivity index (χ0) is 22.3. The minimum absolute atomic E-state index is 0.124. The van der Waals surface area contributed by atoms with Crippen LogP contribution in [0.3, 0.4) is 0 Å².